The molecule has 2 N–H and O–H groups in total. The van der Waals surface area contributed by atoms with E-state index in [0.717, 1.165) is 23.9 Å². The highest BCUT2D eigenvalue weighted by molar-refractivity contribution is 8.01. The van der Waals surface area contributed by atoms with Crippen molar-refractivity contribution in [2.75, 3.05) is 16.4 Å². The Hall–Kier alpha value is -2.59. The van der Waals surface area contributed by atoms with Crippen LogP contribution in [0.4, 0.5) is 29.7 Å². The average Bonchev–Trinajstić information content (AvgIpc) is 3.03. The van der Waals surface area contributed by atoms with Crippen LogP contribution in [-0.2, 0) is 4.79 Å². The van der Waals surface area contributed by atoms with Crippen molar-refractivity contribution in [3.63, 3.8) is 0 Å². The normalized spacial score (nSPS) is 10.6. The van der Waals surface area contributed by atoms with Gasteiger partial charge in [0.1, 0.15) is 17.5 Å². The van der Waals surface area contributed by atoms with Crippen molar-refractivity contribution < 1.29 is 18.0 Å². The van der Waals surface area contributed by atoms with Crippen LogP contribution in [0.15, 0.2) is 46.8 Å². The first kappa shape index (κ1) is 18.2. The Kier molecular flexibility index (Phi) is 5.74. The average molecular weight is 396 g/mol. The van der Waals surface area contributed by atoms with Gasteiger partial charge in [0.05, 0.1) is 11.4 Å². The number of halogens is 3. The number of amides is 1. The molecule has 0 spiro atoms. The van der Waals surface area contributed by atoms with E-state index in [1.54, 1.807) is 12.1 Å². The molecule has 1 aromatic heterocycles. The van der Waals surface area contributed by atoms with Crippen LogP contribution in [0.3, 0.4) is 0 Å². The van der Waals surface area contributed by atoms with E-state index in [2.05, 4.69) is 20.8 Å². The van der Waals surface area contributed by atoms with Crippen molar-refractivity contribution in [2.45, 2.75) is 4.34 Å². The summed E-state index contributed by atoms with van der Waals surface area (Å²) in [7, 11) is 0. The van der Waals surface area contributed by atoms with E-state index in [1.165, 1.54) is 23.5 Å². The standard InChI is InChI=1S/C16H11F3N4OS2/c17-9-2-1-3-11(6-9)20-15-22-23-16(26-15)25-8-14(24)21-13-5-4-10(18)7-12(13)19/h1-7H,8H2,(H,20,22)(H,21,24). The molecule has 0 aliphatic carbocycles. The van der Waals surface area contributed by atoms with Gasteiger partial charge in [-0.05, 0) is 30.3 Å². The van der Waals surface area contributed by atoms with Crippen LogP contribution in [0.5, 0.6) is 0 Å². The van der Waals surface area contributed by atoms with Crippen LogP contribution in [0.25, 0.3) is 0 Å². The maximum absolute atomic E-state index is 13.5. The summed E-state index contributed by atoms with van der Waals surface area (Å²) in [6.07, 6.45) is 0. The number of carbonyl (C=O) groups excluding carboxylic acids is 1. The molecule has 134 valence electrons. The maximum atomic E-state index is 13.5. The smallest absolute Gasteiger partial charge is 0.234 e. The molecule has 0 atom stereocenters. The summed E-state index contributed by atoms with van der Waals surface area (Å²) in [4.78, 5) is 11.9. The summed E-state index contributed by atoms with van der Waals surface area (Å²) in [5.41, 5.74) is 0.435. The zero-order chi connectivity index (χ0) is 18.5. The van der Waals surface area contributed by atoms with Crippen LogP contribution >= 0.6 is 23.1 Å². The van der Waals surface area contributed by atoms with Crippen molar-refractivity contribution in [3.8, 4) is 0 Å². The van der Waals surface area contributed by atoms with E-state index in [-0.39, 0.29) is 17.3 Å². The lowest BCUT2D eigenvalue weighted by atomic mass is 10.3. The highest BCUT2D eigenvalue weighted by atomic mass is 32.2. The first-order valence-corrected chi connectivity index (χ1v) is 9.03. The minimum Gasteiger partial charge on any atom is -0.330 e. The molecule has 10 heteroatoms. The summed E-state index contributed by atoms with van der Waals surface area (Å²) in [6.45, 7) is 0. The van der Waals surface area contributed by atoms with Crippen molar-refractivity contribution in [3.05, 3.63) is 59.9 Å². The van der Waals surface area contributed by atoms with E-state index in [0.29, 0.717) is 21.2 Å². The fraction of sp³-hybridized carbons (Fsp3) is 0.0625. The molecule has 0 saturated heterocycles. The van der Waals surface area contributed by atoms with Crippen molar-refractivity contribution in [1.82, 2.24) is 10.2 Å². The Morgan fingerprint density at radius 2 is 1.88 bits per heavy atom. The van der Waals surface area contributed by atoms with Gasteiger partial charge >= 0.3 is 0 Å². The number of benzene rings is 2. The van der Waals surface area contributed by atoms with Gasteiger partial charge in [-0.15, -0.1) is 10.2 Å². The second-order valence-corrected chi connectivity index (χ2v) is 7.17. The largest absolute Gasteiger partial charge is 0.330 e. The molecule has 0 radical (unpaired) electrons. The number of aromatic nitrogens is 2. The van der Waals surface area contributed by atoms with Gasteiger partial charge in [0.25, 0.3) is 0 Å². The van der Waals surface area contributed by atoms with Crippen LogP contribution in [0.2, 0.25) is 0 Å². The molecule has 0 bridgehead atoms. The highest BCUT2D eigenvalue weighted by Gasteiger charge is 2.11. The number of rotatable bonds is 6. The summed E-state index contributed by atoms with van der Waals surface area (Å²) in [5, 5.41) is 13.5. The van der Waals surface area contributed by atoms with Crippen LogP contribution in [0, 0.1) is 17.5 Å². The minimum absolute atomic E-state index is 0.0224. The van der Waals surface area contributed by atoms with Gasteiger partial charge in [-0.1, -0.05) is 29.2 Å². The summed E-state index contributed by atoms with van der Waals surface area (Å²) >= 11 is 2.30. The van der Waals surface area contributed by atoms with E-state index >= 15 is 0 Å². The molecule has 26 heavy (non-hydrogen) atoms. The molecule has 3 aromatic rings. The van der Waals surface area contributed by atoms with Crippen LogP contribution < -0.4 is 10.6 Å². The quantitative estimate of drug-likeness (QED) is 0.604. The summed E-state index contributed by atoms with van der Waals surface area (Å²) < 4.78 is 40.0. The monoisotopic (exact) mass is 396 g/mol. The van der Waals surface area contributed by atoms with Gasteiger partial charge in [0, 0.05) is 11.8 Å². The Bertz CT molecular complexity index is 935. The van der Waals surface area contributed by atoms with Gasteiger partial charge in [0.15, 0.2) is 4.34 Å². The third-order valence-electron chi connectivity index (χ3n) is 3.01. The van der Waals surface area contributed by atoms with Crippen molar-refractivity contribution in [1.29, 1.82) is 0 Å². The molecular weight excluding hydrogens is 385 g/mol. The third kappa shape index (κ3) is 4.96. The Morgan fingerprint density at radius 1 is 1.08 bits per heavy atom. The first-order valence-electron chi connectivity index (χ1n) is 7.23. The van der Waals surface area contributed by atoms with E-state index in [4.69, 9.17) is 0 Å². The maximum Gasteiger partial charge on any atom is 0.234 e. The molecule has 0 unspecified atom stereocenters. The fourth-order valence-corrected chi connectivity index (χ4v) is 3.48. The van der Waals surface area contributed by atoms with Crippen molar-refractivity contribution >= 4 is 45.5 Å². The highest BCUT2D eigenvalue weighted by Crippen LogP contribution is 2.28. The van der Waals surface area contributed by atoms with Gasteiger partial charge in [-0.2, -0.15) is 0 Å². The van der Waals surface area contributed by atoms with Crippen LogP contribution in [0.1, 0.15) is 0 Å². The lowest BCUT2D eigenvalue weighted by Gasteiger charge is -2.05. The molecular formula is C16H11F3N4OS2. The van der Waals surface area contributed by atoms with E-state index < -0.39 is 17.5 Å². The number of nitrogens with one attached hydrogen (secondary N) is 2. The van der Waals surface area contributed by atoms with E-state index in [9.17, 15) is 18.0 Å². The number of thioether (sulfide) groups is 1. The molecule has 0 aliphatic heterocycles. The third-order valence-corrected chi connectivity index (χ3v) is 4.99. The van der Waals surface area contributed by atoms with Crippen molar-refractivity contribution in [2.24, 2.45) is 0 Å². The molecule has 2 aromatic carbocycles. The minimum atomic E-state index is -0.846. The lowest BCUT2D eigenvalue weighted by Crippen LogP contribution is -2.15. The number of hydrogen-bond acceptors (Lipinski definition) is 6. The predicted molar refractivity (Wildman–Crippen MR) is 95.3 cm³/mol. The number of anilines is 3. The van der Waals surface area contributed by atoms with Gasteiger partial charge in [0.2, 0.25) is 11.0 Å². The first-order chi connectivity index (χ1) is 12.5. The molecule has 0 fully saturated rings. The Balaban J connectivity index is 1.53. The lowest BCUT2D eigenvalue weighted by molar-refractivity contribution is -0.113. The molecule has 1 amide bonds. The molecule has 3 rings (SSSR count). The Morgan fingerprint density at radius 3 is 2.65 bits per heavy atom. The summed E-state index contributed by atoms with van der Waals surface area (Å²) in [6, 6.07) is 8.79. The summed E-state index contributed by atoms with van der Waals surface area (Å²) in [5.74, 6) is -2.43. The molecule has 1 heterocycles. The predicted octanol–water partition coefficient (Wildman–Crippen LogP) is 4.43. The molecule has 0 saturated carbocycles. The number of nitrogens with zero attached hydrogens (tertiary/aromatic N) is 2. The molecule has 0 aliphatic rings. The number of carbonyl (C=O) groups is 1. The fourth-order valence-electron chi connectivity index (χ4n) is 1.91. The van der Waals surface area contributed by atoms with Gasteiger partial charge < -0.3 is 10.6 Å². The zero-order valence-corrected chi connectivity index (χ0v) is 14.6. The second-order valence-electron chi connectivity index (χ2n) is 4.97. The Labute approximate surface area is 154 Å². The SMILES string of the molecule is O=C(CSc1nnc(Nc2cccc(F)c2)s1)Nc1ccc(F)cc1F. The topological polar surface area (TPSA) is 66.9 Å². The van der Waals surface area contributed by atoms with E-state index in [1.807, 2.05) is 0 Å². The van der Waals surface area contributed by atoms with Gasteiger partial charge in [-0.3, -0.25) is 4.79 Å². The molecule has 5 nitrogen and oxygen atoms in total. The number of hydrogen-bond donors (Lipinski definition) is 2. The zero-order valence-electron chi connectivity index (χ0n) is 13.0. The van der Waals surface area contributed by atoms with Gasteiger partial charge in [-0.25, -0.2) is 13.2 Å². The second kappa shape index (κ2) is 8.19. The van der Waals surface area contributed by atoms with Crippen LogP contribution in [-0.4, -0.2) is 21.9 Å².